The summed E-state index contributed by atoms with van der Waals surface area (Å²) in [5.74, 6) is -0.870. The van der Waals surface area contributed by atoms with Crippen molar-refractivity contribution in [1.82, 2.24) is 14.7 Å². The molecule has 2 aromatic rings. The van der Waals surface area contributed by atoms with E-state index in [-0.39, 0.29) is 12.3 Å². The summed E-state index contributed by atoms with van der Waals surface area (Å²) < 4.78 is 7.45. The number of hydrogen-bond donors (Lipinski definition) is 1. The van der Waals surface area contributed by atoms with Crippen molar-refractivity contribution >= 4 is 11.9 Å². The average molecular weight is 399 g/mol. The van der Waals surface area contributed by atoms with Crippen molar-refractivity contribution in [3.63, 3.8) is 0 Å². The molecule has 1 unspecified atom stereocenters. The van der Waals surface area contributed by atoms with Crippen LogP contribution in [0.5, 0.6) is 0 Å². The van der Waals surface area contributed by atoms with E-state index < -0.39 is 12.1 Å². The Hall–Kier alpha value is -2.67. The minimum Gasteiger partial charge on any atom is -0.481 e. The van der Waals surface area contributed by atoms with Crippen molar-refractivity contribution in [3.8, 4) is 0 Å². The minimum atomic E-state index is -0.906. The number of ether oxygens (including phenoxy) is 1. The van der Waals surface area contributed by atoms with Crippen molar-refractivity contribution in [1.29, 1.82) is 0 Å². The fourth-order valence-corrected chi connectivity index (χ4v) is 3.77. The van der Waals surface area contributed by atoms with E-state index in [1.54, 1.807) is 4.90 Å². The van der Waals surface area contributed by atoms with Gasteiger partial charge in [-0.1, -0.05) is 29.8 Å². The number of morpholine rings is 1. The van der Waals surface area contributed by atoms with Gasteiger partial charge in [0.15, 0.2) is 0 Å². The number of carboxylic acid groups (broad SMARTS) is 1. The van der Waals surface area contributed by atoms with Crippen LogP contribution in [0, 0.1) is 20.8 Å². The van der Waals surface area contributed by atoms with E-state index in [4.69, 9.17) is 9.84 Å². The van der Waals surface area contributed by atoms with Gasteiger partial charge in [0, 0.05) is 25.2 Å². The summed E-state index contributed by atoms with van der Waals surface area (Å²) >= 11 is 0. The molecule has 1 aromatic carbocycles. The number of rotatable bonds is 7. The molecule has 29 heavy (non-hydrogen) atoms. The molecule has 1 aromatic heterocycles. The first-order valence-electron chi connectivity index (χ1n) is 10.0. The highest BCUT2D eigenvalue weighted by Crippen LogP contribution is 2.18. The van der Waals surface area contributed by atoms with E-state index in [1.165, 1.54) is 11.1 Å². The molecular formula is C22H29N3O4. The van der Waals surface area contributed by atoms with Gasteiger partial charge >= 0.3 is 5.97 Å². The maximum Gasteiger partial charge on any atom is 0.306 e. The molecule has 1 aliphatic rings. The normalized spacial score (nSPS) is 16.8. The molecule has 1 atom stereocenters. The average Bonchev–Trinajstić information content (AvgIpc) is 2.94. The molecule has 0 saturated carbocycles. The van der Waals surface area contributed by atoms with Crippen LogP contribution >= 0.6 is 0 Å². The van der Waals surface area contributed by atoms with Gasteiger partial charge in [-0.25, -0.2) is 0 Å². The predicted molar refractivity (Wildman–Crippen MR) is 109 cm³/mol. The number of hydrogen-bond acceptors (Lipinski definition) is 4. The highest BCUT2D eigenvalue weighted by Gasteiger charge is 2.26. The molecule has 1 saturated heterocycles. The van der Waals surface area contributed by atoms with Gasteiger partial charge in [0.25, 0.3) is 0 Å². The zero-order valence-corrected chi connectivity index (χ0v) is 17.4. The number of aliphatic carboxylic acids is 1. The highest BCUT2D eigenvalue weighted by molar-refractivity contribution is 5.77. The zero-order chi connectivity index (χ0) is 21.0. The zero-order valence-electron chi connectivity index (χ0n) is 17.4. The Labute approximate surface area is 171 Å². The number of carbonyl (C=O) groups excluding carboxylic acids is 1. The van der Waals surface area contributed by atoms with Gasteiger partial charge < -0.3 is 14.7 Å². The Kier molecular flexibility index (Phi) is 6.69. The van der Waals surface area contributed by atoms with Crippen LogP contribution in [0.2, 0.25) is 0 Å². The Morgan fingerprint density at radius 1 is 1.21 bits per heavy atom. The maximum absolute atomic E-state index is 12.7. The summed E-state index contributed by atoms with van der Waals surface area (Å²) in [6.07, 6.45) is 0.516. The third-order valence-electron chi connectivity index (χ3n) is 5.47. The second-order valence-electron chi connectivity index (χ2n) is 7.72. The second kappa shape index (κ2) is 9.22. The minimum absolute atomic E-state index is 0.0359. The second-order valence-corrected chi connectivity index (χ2v) is 7.72. The summed E-state index contributed by atoms with van der Waals surface area (Å²) in [7, 11) is 0. The molecule has 156 valence electrons. The third kappa shape index (κ3) is 5.44. The number of aromatic nitrogens is 2. The first kappa shape index (κ1) is 21.0. The van der Waals surface area contributed by atoms with Crippen molar-refractivity contribution in [2.45, 2.75) is 52.7 Å². The van der Waals surface area contributed by atoms with E-state index in [2.05, 4.69) is 36.3 Å². The Morgan fingerprint density at radius 2 is 1.93 bits per heavy atom. The Bertz CT molecular complexity index is 873. The van der Waals surface area contributed by atoms with Gasteiger partial charge in [0.2, 0.25) is 5.91 Å². The van der Waals surface area contributed by atoms with Crippen LogP contribution in [0.3, 0.4) is 0 Å². The monoisotopic (exact) mass is 399 g/mol. The fraction of sp³-hybridized carbons (Fsp3) is 0.500. The molecular weight excluding hydrogens is 370 g/mol. The maximum atomic E-state index is 12.7. The summed E-state index contributed by atoms with van der Waals surface area (Å²) in [6.45, 7) is 8.05. The van der Waals surface area contributed by atoms with Gasteiger partial charge in [0.1, 0.15) is 0 Å². The Balaban J connectivity index is 1.60. The lowest BCUT2D eigenvalue weighted by Gasteiger charge is -2.32. The number of carbonyl (C=O) groups is 2. The summed E-state index contributed by atoms with van der Waals surface area (Å²) in [4.78, 5) is 25.3. The van der Waals surface area contributed by atoms with Gasteiger partial charge in [-0.15, -0.1) is 0 Å². The first-order chi connectivity index (χ1) is 13.8. The lowest BCUT2D eigenvalue weighted by atomic mass is 10.1. The topological polar surface area (TPSA) is 84.7 Å². The van der Waals surface area contributed by atoms with Gasteiger partial charge in [-0.3, -0.25) is 14.3 Å². The quantitative estimate of drug-likeness (QED) is 0.773. The Morgan fingerprint density at radius 3 is 2.62 bits per heavy atom. The van der Waals surface area contributed by atoms with E-state index >= 15 is 0 Å². The number of aryl methyl sites for hydroxylation is 2. The molecule has 1 fully saturated rings. The predicted octanol–water partition coefficient (Wildman–Crippen LogP) is 2.49. The van der Waals surface area contributed by atoms with Crippen molar-refractivity contribution < 1.29 is 19.4 Å². The molecule has 0 aliphatic carbocycles. The van der Waals surface area contributed by atoms with Crippen LogP contribution in [-0.2, 0) is 27.3 Å². The van der Waals surface area contributed by atoms with Crippen LogP contribution in [0.1, 0.15) is 40.9 Å². The number of carboxylic acids is 1. The standard InChI is InChI=1S/C22H29N3O4/c1-15-4-6-18(7-5-15)13-25-17(3)20(16(2)23-25)8-9-21(26)24-10-11-29-19(14-24)12-22(27)28/h4-7,19H,8-14H2,1-3H3,(H,27,28). The number of amides is 1. The lowest BCUT2D eigenvalue weighted by molar-refractivity contribution is -0.147. The molecule has 0 radical (unpaired) electrons. The van der Waals surface area contributed by atoms with E-state index in [0.29, 0.717) is 39.1 Å². The summed E-state index contributed by atoms with van der Waals surface area (Å²) in [5.41, 5.74) is 5.58. The molecule has 3 rings (SSSR count). The smallest absolute Gasteiger partial charge is 0.306 e. The molecule has 1 N–H and O–H groups in total. The lowest BCUT2D eigenvalue weighted by Crippen LogP contribution is -2.46. The van der Waals surface area contributed by atoms with Crippen molar-refractivity contribution in [3.05, 3.63) is 52.3 Å². The summed E-state index contributed by atoms with van der Waals surface area (Å²) in [5, 5.41) is 13.6. The largest absolute Gasteiger partial charge is 0.481 e. The molecule has 0 spiro atoms. The van der Waals surface area contributed by atoms with Crippen LogP contribution in [0.15, 0.2) is 24.3 Å². The van der Waals surface area contributed by atoms with Gasteiger partial charge in [-0.05, 0) is 38.3 Å². The number of nitrogens with zero attached hydrogens (tertiary/aromatic N) is 3. The molecule has 1 amide bonds. The van der Waals surface area contributed by atoms with Crippen molar-refractivity contribution in [2.75, 3.05) is 19.7 Å². The van der Waals surface area contributed by atoms with E-state index in [0.717, 1.165) is 17.0 Å². The SMILES string of the molecule is Cc1ccc(Cn2nc(C)c(CCC(=O)N3CCOC(CC(=O)O)C3)c2C)cc1. The van der Waals surface area contributed by atoms with E-state index in [1.807, 2.05) is 18.5 Å². The van der Waals surface area contributed by atoms with Crippen LogP contribution in [0.4, 0.5) is 0 Å². The van der Waals surface area contributed by atoms with Crippen LogP contribution in [-0.4, -0.2) is 57.5 Å². The van der Waals surface area contributed by atoms with Gasteiger partial charge in [0.05, 0.1) is 31.4 Å². The summed E-state index contributed by atoms with van der Waals surface area (Å²) in [6, 6.07) is 8.42. The molecule has 7 nitrogen and oxygen atoms in total. The fourth-order valence-electron chi connectivity index (χ4n) is 3.77. The molecule has 0 bridgehead atoms. The van der Waals surface area contributed by atoms with Gasteiger partial charge in [-0.2, -0.15) is 5.10 Å². The molecule has 1 aliphatic heterocycles. The molecule has 2 heterocycles. The van der Waals surface area contributed by atoms with Crippen LogP contribution in [0.25, 0.3) is 0 Å². The number of benzene rings is 1. The highest BCUT2D eigenvalue weighted by atomic mass is 16.5. The van der Waals surface area contributed by atoms with Crippen molar-refractivity contribution in [2.24, 2.45) is 0 Å². The molecule has 7 heteroatoms. The van der Waals surface area contributed by atoms with Crippen LogP contribution < -0.4 is 0 Å². The van der Waals surface area contributed by atoms with E-state index in [9.17, 15) is 9.59 Å². The first-order valence-corrected chi connectivity index (χ1v) is 10.0. The third-order valence-corrected chi connectivity index (χ3v) is 5.47.